The minimum atomic E-state index is -0.781. The summed E-state index contributed by atoms with van der Waals surface area (Å²) < 4.78 is 8.15. The summed E-state index contributed by atoms with van der Waals surface area (Å²) >= 11 is 0. The number of aromatic nitrogens is 2. The van der Waals surface area contributed by atoms with Crippen molar-refractivity contribution in [2.75, 3.05) is 5.32 Å². The highest BCUT2D eigenvalue weighted by molar-refractivity contribution is 5.81. The molecular weight excluding hydrogens is 426 g/mol. The molecule has 0 amide bonds. The fourth-order valence-corrected chi connectivity index (χ4v) is 5.52. The van der Waals surface area contributed by atoms with Crippen LogP contribution in [-0.2, 0) is 11.2 Å². The first-order valence-electron chi connectivity index (χ1n) is 12.4. The van der Waals surface area contributed by atoms with E-state index in [9.17, 15) is 4.79 Å². The minimum Gasteiger partial charge on any atom is -0.491 e. The largest absolute Gasteiger partial charge is 0.491 e. The summed E-state index contributed by atoms with van der Waals surface area (Å²) in [6.07, 6.45) is 4.21. The molecule has 3 aromatic rings. The number of carboxylic acid groups (broad SMARTS) is 1. The van der Waals surface area contributed by atoms with E-state index in [0.717, 1.165) is 46.8 Å². The van der Waals surface area contributed by atoms with Crippen LogP contribution in [0.25, 0.3) is 11.0 Å². The van der Waals surface area contributed by atoms with Crippen LogP contribution < -0.4 is 10.1 Å². The predicted molar refractivity (Wildman–Crippen MR) is 137 cm³/mol. The van der Waals surface area contributed by atoms with Gasteiger partial charge in [0.15, 0.2) is 0 Å². The quantitative estimate of drug-likeness (QED) is 0.377. The summed E-state index contributed by atoms with van der Waals surface area (Å²) in [5, 5.41) is 12.6. The zero-order valence-corrected chi connectivity index (χ0v) is 21.0. The van der Waals surface area contributed by atoms with Crippen LogP contribution >= 0.6 is 0 Å². The van der Waals surface area contributed by atoms with Crippen molar-refractivity contribution in [3.05, 3.63) is 48.0 Å². The van der Waals surface area contributed by atoms with Gasteiger partial charge in [0.1, 0.15) is 5.75 Å². The molecular formula is C28H37N3O3. The lowest BCUT2D eigenvalue weighted by Gasteiger charge is -2.40. The Balaban J connectivity index is 1.71. The number of carbonyl (C=O) groups is 1. The molecule has 1 fully saturated rings. The number of hydrogen-bond donors (Lipinski definition) is 2. The second-order valence-electron chi connectivity index (χ2n) is 10.9. The van der Waals surface area contributed by atoms with Crippen molar-refractivity contribution in [2.24, 2.45) is 11.3 Å². The molecule has 1 aliphatic rings. The summed E-state index contributed by atoms with van der Waals surface area (Å²) in [4.78, 5) is 16.0. The molecule has 4 rings (SSSR count). The highest BCUT2D eigenvalue weighted by Gasteiger charge is 2.34. The van der Waals surface area contributed by atoms with Crippen molar-refractivity contribution < 1.29 is 14.6 Å². The smallest absolute Gasteiger partial charge is 0.303 e. The molecule has 2 aromatic carbocycles. The fourth-order valence-electron chi connectivity index (χ4n) is 5.52. The molecule has 6 nitrogen and oxygen atoms in total. The normalized spacial score (nSPS) is 19.9. The SMILES string of the molecule is CC(C)Oc1ccc(Nc2nc3cc(CCC(=O)O)ccc3n2[C@@H]2C[C@H](C)CC(C)(C)C2)cc1. The third kappa shape index (κ3) is 5.72. The predicted octanol–water partition coefficient (Wildman–Crippen LogP) is 6.97. The first-order chi connectivity index (χ1) is 16.1. The Kier molecular flexibility index (Phi) is 6.87. The first kappa shape index (κ1) is 24.1. The maximum absolute atomic E-state index is 11.0. The summed E-state index contributed by atoms with van der Waals surface area (Å²) in [5.74, 6) is 1.54. The number of aryl methyl sites for hydroxylation is 1. The average Bonchev–Trinajstić information content (AvgIpc) is 3.09. The van der Waals surface area contributed by atoms with E-state index in [1.165, 1.54) is 6.42 Å². The van der Waals surface area contributed by atoms with Crippen LogP contribution in [0.3, 0.4) is 0 Å². The molecule has 1 aliphatic carbocycles. The van der Waals surface area contributed by atoms with Gasteiger partial charge in [0, 0.05) is 18.2 Å². The van der Waals surface area contributed by atoms with Gasteiger partial charge in [-0.3, -0.25) is 4.79 Å². The summed E-state index contributed by atoms with van der Waals surface area (Å²) in [6.45, 7) is 11.1. The number of benzene rings is 2. The van der Waals surface area contributed by atoms with Gasteiger partial charge in [-0.2, -0.15) is 0 Å². The molecule has 0 radical (unpaired) electrons. The monoisotopic (exact) mass is 463 g/mol. The lowest BCUT2D eigenvalue weighted by molar-refractivity contribution is -0.136. The average molecular weight is 464 g/mol. The molecule has 6 heteroatoms. The maximum atomic E-state index is 11.0. The second kappa shape index (κ2) is 9.69. The Bertz CT molecular complexity index is 1150. The number of hydrogen-bond acceptors (Lipinski definition) is 4. The number of carboxylic acids is 1. The molecule has 1 heterocycles. The topological polar surface area (TPSA) is 76.4 Å². The Morgan fingerprint density at radius 2 is 1.94 bits per heavy atom. The molecule has 0 bridgehead atoms. The van der Waals surface area contributed by atoms with Gasteiger partial charge in [-0.05, 0) is 92.8 Å². The number of anilines is 2. The molecule has 2 atom stereocenters. The molecule has 34 heavy (non-hydrogen) atoms. The lowest BCUT2D eigenvalue weighted by atomic mass is 9.70. The Morgan fingerprint density at radius 1 is 1.21 bits per heavy atom. The van der Waals surface area contributed by atoms with Gasteiger partial charge >= 0.3 is 5.97 Å². The Morgan fingerprint density at radius 3 is 2.59 bits per heavy atom. The van der Waals surface area contributed by atoms with Gasteiger partial charge in [-0.15, -0.1) is 0 Å². The van der Waals surface area contributed by atoms with E-state index in [0.29, 0.717) is 18.4 Å². The van der Waals surface area contributed by atoms with E-state index in [4.69, 9.17) is 14.8 Å². The number of nitrogens with zero attached hydrogens (tertiary/aromatic N) is 2. The highest BCUT2D eigenvalue weighted by atomic mass is 16.5. The van der Waals surface area contributed by atoms with E-state index in [1.807, 2.05) is 50.2 Å². The molecule has 2 N–H and O–H groups in total. The van der Waals surface area contributed by atoms with Crippen molar-refractivity contribution in [1.29, 1.82) is 0 Å². The molecule has 0 aliphatic heterocycles. The van der Waals surface area contributed by atoms with Gasteiger partial charge in [0.25, 0.3) is 0 Å². The molecule has 1 aromatic heterocycles. The van der Waals surface area contributed by atoms with Crippen molar-refractivity contribution >= 4 is 28.6 Å². The van der Waals surface area contributed by atoms with Gasteiger partial charge in [-0.1, -0.05) is 26.8 Å². The number of rotatable bonds is 8. The van der Waals surface area contributed by atoms with E-state index in [-0.39, 0.29) is 17.9 Å². The van der Waals surface area contributed by atoms with Crippen molar-refractivity contribution in [3.8, 4) is 5.75 Å². The molecule has 1 saturated carbocycles. The number of aliphatic carboxylic acids is 1. The Hall–Kier alpha value is -3.02. The van der Waals surface area contributed by atoms with E-state index >= 15 is 0 Å². The molecule has 0 unspecified atom stereocenters. The number of nitrogens with one attached hydrogen (secondary N) is 1. The van der Waals surface area contributed by atoms with Crippen LogP contribution in [0.4, 0.5) is 11.6 Å². The van der Waals surface area contributed by atoms with E-state index < -0.39 is 5.97 Å². The van der Waals surface area contributed by atoms with Crippen LogP contribution in [0, 0.1) is 11.3 Å². The third-order valence-electron chi connectivity index (χ3n) is 6.59. The standard InChI is InChI=1S/C28H37N3O3/c1-18(2)34-23-10-8-21(9-11-23)29-27-30-24-15-20(7-13-26(32)33)6-12-25(24)31(27)22-14-19(3)16-28(4,5)17-22/h6,8-12,15,18-19,22H,7,13-14,16-17H2,1-5H3,(H,29,30)(H,32,33)/t19-,22+/m0/s1. The van der Waals surface area contributed by atoms with Crippen molar-refractivity contribution in [1.82, 2.24) is 9.55 Å². The number of imidazole rings is 1. The van der Waals surface area contributed by atoms with Gasteiger partial charge < -0.3 is 19.7 Å². The van der Waals surface area contributed by atoms with Crippen molar-refractivity contribution in [3.63, 3.8) is 0 Å². The molecule has 182 valence electrons. The molecule has 0 spiro atoms. The number of ether oxygens (including phenoxy) is 1. The van der Waals surface area contributed by atoms with Crippen LogP contribution in [0.1, 0.15) is 71.9 Å². The minimum absolute atomic E-state index is 0.121. The zero-order chi connectivity index (χ0) is 24.5. The second-order valence-corrected chi connectivity index (χ2v) is 10.9. The Labute approximate surface area is 202 Å². The third-order valence-corrected chi connectivity index (χ3v) is 6.59. The maximum Gasteiger partial charge on any atom is 0.303 e. The van der Waals surface area contributed by atoms with E-state index in [2.05, 4.69) is 36.7 Å². The van der Waals surface area contributed by atoms with Crippen LogP contribution in [0.5, 0.6) is 5.75 Å². The van der Waals surface area contributed by atoms with Gasteiger partial charge in [-0.25, -0.2) is 4.98 Å². The van der Waals surface area contributed by atoms with Crippen LogP contribution in [0.15, 0.2) is 42.5 Å². The fraction of sp³-hybridized carbons (Fsp3) is 0.500. The van der Waals surface area contributed by atoms with Crippen LogP contribution in [0.2, 0.25) is 0 Å². The van der Waals surface area contributed by atoms with Gasteiger partial charge in [0.2, 0.25) is 5.95 Å². The summed E-state index contributed by atoms with van der Waals surface area (Å²) in [6, 6.07) is 14.5. The van der Waals surface area contributed by atoms with Gasteiger partial charge in [0.05, 0.1) is 17.1 Å². The first-order valence-corrected chi connectivity index (χ1v) is 12.4. The molecule has 0 saturated heterocycles. The summed E-state index contributed by atoms with van der Waals surface area (Å²) in [5.41, 5.74) is 4.23. The summed E-state index contributed by atoms with van der Waals surface area (Å²) in [7, 11) is 0. The highest BCUT2D eigenvalue weighted by Crippen LogP contribution is 2.46. The zero-order valence-electron chi connectivity index (χ0n) is 21.0. The van der Waals surface area contributed by atoms with Crippen LogP contribution in [-0.4, -0.2) is 26.7 Å². The van der Waals surface area contributed by atoms with E-state index in [1.54, 1.807) is 0 Å². The lowest BCUT2D eigenvalue weighted by Crippen LogP contribution is -2.29. The number of fused-ring (bicyclic) bond motifs is 1. The van der Waals surface area contributed by atoms with Crippen molar-refractivity contribution in [2.45, 2.75) is 78.9 Å².